The fourth-order valence-corrected chi connectivity index (χ4v) is 2.16. The zero-order valence-electron chi connectivity index (χ0n) is 7.29. The van der Waals surface area contributed by atoms with Gasteiger partial charge >= 0.3 is 0 Å². The summed E-state index contributed by atoms with van der Waals surface area (Å²) in [6.07, 6.45) is 6.56. The van der Waals surface area contributed by atoms with Crippen LogP contribution >= 0.6 is 15.9 Å². The molecular formula is C9H12BrFN2. The highest BCUT2D eigenvalue weighted by atomic mass is 79.9. The number of halogens is 2. The van der Waals surface area contributed by atoms with Crippen molar-refractivity contribution >= 4 is 15.9 Å². The molecular weight excluding hydrogens is 235 g/mol. The summed E-state index contributed by atoms with van der Waals surface area (Å²) >= 11 is 3.31. The molecule has 2 nitrogen and oxygen atoms in total. The monoisotopic (exact) mass is 246 g/mol. The van der Waals surface area contributed by atoms with Gasteiger partial charge in [0, 0.05) is 6.20 Å². The Bertz CT molecular complexity index is 287. The molecule has 0 radical (unpaired) electrons. The van der Waals surface area contributed by atoms with Crippen molar-refractivity contribution in [2.75, 3.05) is 0 Å². The number of rotatable bonds is 1. The van der Waals surface area contributed by atoms with Crippen LogP contribution in [-0.4, -0.2) is 16.0 Å². The smallest absolute Gasteiger partial charge is 0.122 e. The van der Waals surface area contributed by atoms with Crippen LogP contribution in [0.4, 0.5) is 4.39 Å². The van der Waals surface area contributed by atoms with E-state index in [1.54, 1.807) is 10.9 Å². The van der Waals surface area contributed by atoms with Crippen LogP contribution in [0.15, 0.2) is 16.9 Å². The largest absolute Gasteiger partial charge is 0.266 e. The van der Waals surface area contributed by atoms with Gasteiger partial charge in [-0.25, -0.2) is 4.39 Å². The van der Waals surface area contributed by atoms with Crippen molar-refractivity contribution in [1.82, 2.24) is 9.78 Å². The standard InChI is InChI=1S/C9H12BrFN2/c10-7-5-12-13(6-7)9-4-2-1-3-8(9)11/h5-6,8-9H,1-4H2. The molecule has 13 heavy (non-hydrogen) atoms. The van der Waals surface area contributed by atoms with Crippen LogP contribution in [0.2, 0.25) is 0 Å². The second-order valence-electron chi connectivity index (χ2n) is 3.51. The van der Waals surface area contributed by atoms with Crippen LogP contribution in [0.5, 0.6) is 0 Å². The van der Waals surface area contributed by atoms with Crippen molar-refractivity contribution in [1.29, 1.82) is 0 Å². The van der Waals surface area contributed by atoms with Crippen LogP contribution < -0.4 is 0 Å². The number of nitrogens with zero attached hydrogens (tertiary/aromatic N) is 2. The van der Waals surface area contributed by atoms with Gasteiger partial charge in [0.25, 0.3) is 0 Å². The van der Waals surface area contributed by atoms with Gasteiger partial charge in [-0.15, -0.1) is 0 Å². The summed E-state index contributed by atoms with van der Waals surface area (Å²) in [5.74, 6) is 0. The van der Waals surface area contributed by atoms with E-state index in [4.69, 9.17) is 0 Å². The second-order valence-corrected chi connectivity index (χ2v) is 4.42. The van der Waals surface area contributed by atoms with Gasteiger partial charge in [0.15, 0.2) is 0 Å². The van der Waals surface area contributed by atoms with Gasteiger partial charge < -0.3 is 0 Å². The average molecular weight is 247 g/mol. The molecule has 72 valence electrons. The van der Waals surface area contributed by atoms with Crippen LogP contribution in [0.3, 0.4) is 0 Å². The van der Waals surface area contributed by atoms with Gasteiger partial charge in [-0.2, -0.15) is 5.10 Å². The molecule has 2 unspecified atom stereocenters. The molecule has 1 fully saturated rings. The second kappa shape index (κ2) is 3.78. The lowest BCUT2D eigenvalue weighted by molar-refractivity contribution is 0.160. The van der Waals surface area contributed by atoms with E-state index in [9.17, 15) is 4.39 Å². The van der Waals surface area contributed by atoms with Crippen LogP contribution in [0.25, 0.3) is 0 Å². The zero-order chi connectivity index (χ0) is 9.26. The first-order valence-electron chi connectivity index (χ1n) is 4.61. The van der Waals surface area contributed by atoms with E-state index in [1.807, 2.05) is 6.20 Å². The number of aromatic nitrogens is 2. The van der Waals surface area contributed by atoms with Gasteiger partial charge in [-0.3, -0.25) is 4.68 Å². The van der Waals surface area contributed by atoms with Gasteiger partial charge in [-0.1, -0.05) is 12.8 Å². The number of hydrogen-bond acceptors (Lipinski definition) is 1. The van der Waals surface area contributed by atoms with Crippen LogP contribution in [0.1, 0.15) is 31.7 Å². The van der Waals surface area contributed by atoms with E-state index in [1.165, 1.54) is 0 Å². The summed E-state index contributed by atoms with van der Waals surface area (Å²) in [7, 11) is 0. The summed E-state index contributed by atoms with van der Waals surface area (Å²) in [4.78, 5) is 0. The highest BCUT2D eigenvalue weighted by Gasteiger charge is 2.26. The van der Waals surface area contributed by atoms with Gasteiger partial charge in [-0.05, 0) is 28.8 Å². The lowest BCUT2D eigenvalue weighted by atomic mass is 9.94. The Balaban J connectivity index is 2.14. The molecule has 1 saturated carbocycles. The predicted octanol–water partition coefficient (Wildman–Crippen LogP) is 3.10. The first-order chi connectivity index (χ1) is 6.27. The molecule has 4 heteroatoms. The summed E-state index contributed by atoms with van der Waals surface area (Å²) in [5.41, 5.74) is 0. The van der Waals surface area contributed by atoms with Gasteiger partial charge in [0.2, 0.25) is 0 Å². The Morgan fingerprint density at radius 3 is 2.85 bits per heavy atom. The molecule has 2 rings (SSSR count). The SMILES string of the molecule is FC1CCCCC1n1cc(Br)cn1. The number of alkyl halides is 1. The Labute approximate surface area is 85.3 Å². The Morgan fingerprint density at radius 2 is 2.23 bits per heavy atom. The summed E-state index contributed by atoms with van der Waals surface area (Å²) in [6, 6.07) is -0.0416. The minimum atomic E-state index is -0.722. The lowest BCUT2D eigenvalue weighted by Crippen LogP contribution is -2.24. The fourth-order valence-electron chi connectivity index (χ4n) is 1.86. The van der Waals surface area contributed by atoms with Crippen molar-refractivity contribution in [3.63, 3.8) is 0 Å². The Morgan fingerprint density at radius 1 is 1.46 bits per heavy atom. The lowest BCUT2D eigenvalue weighted by Gasteiger charge is -2.25. The summed E-state index contributed by atoms with van der Waals surface area (Å²) in [6.45, 7) is 0. The number of hydrogen-bond donors (Lipinski definition) is 0. The van der Waals surface area contributed by atoms with Crippen molar-refractivity contribution < 1.29 is 4.39 Å². The van der Waals surface area contributed by atoms with E-state index in [0.29, 0.717) is 6.42 Å². The van der Waals surface area contributed by atoms with E-state index in [-0.39, 0.29) is 6.04 Å². The molecule has 1 aromatic heterocycles. The third-order valence-electron chi connectivity index (χ3n) is 2.56. The van der Waals surface area contributed by atoms with E-state index in [2.05, 4.69) is 21.0 Å². The zero-order valence-corrected chi connectivity index (χ0v) is 8.87. The fraction of sp³-hybridized carbons (Fsp3) is 0.667. The molecule has 0 N–H and O–H groups in total. The van der Waals surface area contributed by atoms with Gasteiger partial charge in [0.1, 0.15) is 6.17 Å². The predicted molar refractivity (Wildman–Crippen MR) is 52.3 cm³/mol. The molecule has 2 atom stereocenters. The average Bonchev–Trinajstić information content (AvgIpc) is 2.53. The highest BCUT2D eigenvalue weighted by Crippen LogP contribution is 2.30. The molecule has 0 spiro atoms. The highest BCUT2D eigenvalue weighted by molar-refractivity contribution is 9.10. The molecule has 1 aromatic rings. The Hall–Kier alpha value is -0.380. The molecule has 0 amide bonds. The maximum Gasteiger partial charge on any atom is 0.122 e. The van der Waals surface area contributed by atoms with Crippen molar-refractivity contribution in [3.8, 4) is 0 Å². The van der Waals surface area contributed by atoms with Crippen LogP contribution in [-0.2, 0) is 0 Å². The molecule has 0 saturated heterocycles. The van der Waals surface area contributed by atoms with Crippen molar-refractivity contribution in [2.24, 2.45) is 0 Å². The molecule has 0 aromatic carbocycles. The third kappa shape index (κ3) is 1.93. The quantitative estimate of drug-likeness (QED) is 0.745. The van der Waals surface area contributed by atoms with Crippen LogP contribution in [0, 0.1) is 0 Å². The summed E-state index contributed by atoms with van der Waals surface area (Å²) in [5, 5.41) is 4.12. The normalized spacial score (nSPS) is 29.1. The van der Waals surface area contributed by atoms with E-state index < -0.39 is 6.17 Å². The minimum Gasteiger partial charge on any atom is -0.266 e. The van der Waals surface area contributed by atoms with E-state index >= 15 is 0 Å². The summed E-state index contributed by atoms with van der Waals surface area (Å²) < 4.78 is 16.1. The first-order valence-corrected chi connectivity index (χ1v) is 5.40. The van der Waals surface area contributed by atoms with Gasteiger partial charge in [0.05, 0.1) is 16.7 Å². The first kappa shape index (κ1) is 9.19. The maximum atomic E-state index is 13.5. The Kier molecular flexibility index (Phi) is 2.67. The van der Waals surface area contributed by atoms with Crippen molar-refractivity contribution in [3.05, 3.63) is 16.9 Å². The molecule has 1 aliphatic rings. The maximum absolute atomic E-state index is 13.5. The minimum absolute atomic E-state index is 0.0416. The van der Waals surface area contributed by atoms with E-state index in [0.717, 1.165) is 23.7 Å². The third-order valence-corrected chi connectivity index (χ3v) is 2.97. The molecule has 0 bridgehead atoms. The molecule has 1 heterocycles. The van der Waals surface area contributed by atoms with Crippen molar-refractivity contribution in [2.45, 2.75) is 37.9 Å². The topological polar surface area (TPSA) is 17.8 Å². The molecule has 0 aliphatic heterocycles. The molecule has 1 aliphatic carbocycles.